The molecule has 31 heavy (non-hydrogen) atoms. The molecule has 0 radical (unpaired) electrons. The molecule has 0 aliphatic carbocycles. The van der Waals surface area contributed by atoms with E-state index in [1.165, 1.54) is 16.6 Å². The van der Waals surface area contributed by atoms with Gasteiger partial charge in [-0.2, -0.15) is 4.31 Å². The molecule has 3 aliphatic rings. The van der Waals surface area contributed by atoms with Crippen molar-refractivity contribution in [1.29, 1.82) is 0 Å². The Morgan fingerprint density at radius 2 is 1.81 bits per heavy atom. The van der Waals surface area contributed by atoms with Gasteiger partial charge in [-0.1, -0.05) is 30.3 Å². The largest absolute Gasteiger partial charge is 0.484 e. The van der Waals surface area contributed by atoms with Crippen LogP contribution in [0.3, 0.4) is 0 Å². The summed E-state index contributed by atoms with van der Waals surface area (Å²) in [7, 11) is -3.73. The minimum atomic E-state index is -3.73. The van der Waals surface area contributed by atoms with Crippen molar-refractivity contribution in [2.75, 3.05) is 52.5 Å². The summed E-state index contributed by atoms with van der Waals surface area (Å²) in [6.45, 7) is 1.67. The molecule has 1 unspecified atom stereocenters. The van der Waals surface area contributed by atoms with Crippen LogP contribution >= 0.6 is 0 Å². The molecule has 0 saturated heterocycles. The van der Waals surface area contributed by atoms with Crippen LogP contribution in [0.15, 0.2) is 58.6 Å². The molecule has 3 aliphatic heterocycles. The minimum Gasteiger partial charge on any atom is -0.484 e. The summed E-state index contributed by atoms with van der Waals surface area (Å²) >= 11 is 0. The maximum atomic E-state index is 13.2. The second kappa shape index (κ2) is 8.23. The van der Waals surface area contributed by atoms with E-state index in [1.807, 2.05) is 35.2 Å². The Kier molecular flexibility index (Phi) is 5.11. The van der Waals surface area contributed by atoms with Crippen LogP contribution in [0.25, 0.3) is 0 Å². The van der Waals surface area contributed by atoms with Gasteiger partial charge in [-0.3, -0.25) is 4.90 Å². The normalized spacial score (nSPS) is 21.6. The molecule has 1 N–H and O–H groups in total. The Morgan fingerprint density at radius 1 is 1.10 bits per heavy atom. The Labute approximate surface area is 183 Å². The molecule has 5 rings (SSSR count). The smallest absolute Gasteiger partial charge is 0.257 e. The van der Waals surface area contributed by atoms with Crippen LogP contribution in [-0.4, -0.2) is 80.2 Å². The number of benzene rings is 1. The number of aliphatic hydroxyl groups is 1. The first kappa shape index (κ1) is 19.2. The maximum Gasteiger partial charge on any atom is 0.257 e. The number of nitrogens with zero attached hydrogens (tertiary/aromatic N) is 3. The highest BCUT2D eigenvalue weighted by Gasteiger charge is 2.37. The summed E-state index contributed by atoms with van der Waals surface area (Å²) in [4.78, 5) is 6.18. The number of aliphatic hydroxyl groups excluding tert-OH is 1. The van der Waals surface area contributed by atoms with Gasteiger partial charge in [-0.05, 0) is 16.7 Å². The summed E-state index contributed by atoms with van der Waals surface area (Å²) in [5.41, 5.74) is 2.99. The first-order valence-corrected chi connectivity index (χ1v) is 11.7. The zero-order chi connectivity index (χ0) is 22.3. The summed E-state index contributed by atoms with van der Waals surface area (Å²) in [5, 5.41) is 9.90. The number of pyridine rings is 1. The van der Waals surface area contributed by atoms with Crippen LogP contribution in [0, 0.1) is 0 Å². The third kappa shape index (κ3) is 3.94. The van der Waals surface area contributed by atoms with Crippen molar-refractivity contribution in [3.63, 3.8) is 0 Å². The fourth-order valence-corrected chi connectivity index (χ4v) is 5.64. The number of aromatic nitrogens is 1. The van der Waals surface area contributed by atoms with Gasteiger partial charge < -0.3 is 14.6 Å². The standard InChI is InChI=1S/C22H25N3O5S/c26-15-19(16-4-2-1-3-5-16)12-24-10-17-13-25(14-18(17)11-24)31(27,28)20-8-21-22(23-9-20)30-7-6-29-21/h1-5,8-9,19,26H,6-7,10-15H2/i12D/t12-,19?/m1/s1. The van der Waals surface area contributed by atoms with Gasteiger partial charge in [0.15, 0.2) is 5.75 Å². The molecular formula is C22H25N3O5S. The van der Waals surface area contributed by atoms with Gasteiger partial charge >= 0.3 is 0 Å². The average Bonchev–Trinajstić information content (AvgIpc) is 3.40. The zero-order valence-corrected chi connectivity index (χ0v) is 17.8. The van der Waals surface area contributed by atoms with E-state index in [0.717, 1.165) is 16.7 Å². The molecule has 9 heteroatoms. The molecule has 0 bridgehead atoms. The molecule has 1 aromatic carbocycles. The van der Waals surface area contributed by atoms with E-state index in [1.54, 1.807) is 0 Å². The molecule has 0 amide bonds. The number of fused-ring (bicyclic) bond motifs is 1. The van der Waals surface area contributed by atoms with Crippen LogP contribution < -0.4 is 9.47 Å². The highest BCUT2D eigenvalue weighted by molar-refractivity contribution is 7.89. The lowest BCUT2D eigenvalue weighted by Gasteiger charge is -2.26. The lowest BCUT2D eigenvalue weighted by Crippen LogP contribution is -2.36. The number of hydrogen-bond acceptors (Lipinski definition) is 7. The van der Waals surface area contributed by atoms with Crippen molar-refractivity contribution in [3.8, 4) is 11.6 Å². The molecule has 0 fully saturated rings. The van der Waals surface area contributed by atoms with E-state index in [-0.39, 0.29) is 17.4 Å². The van der Waals surface area contributed by atoms with E-state index < -0.39 is 16.5 Å². The van der Waals surface area contributed by atoms with E-state index in [9.17, 15) is 13.5 Å². The Hall–Kier alpha value is -2.46. The van der Waals surface area contributed by atoms with Gasteiger partial charge in [0, 0.05) is 46.1 Å². The van der Waals surface area contributed by atoms with Gasteiger partial charge in [0.05, 0.1) is 12.8 Å². The second-order valence-corrected chi connectivity index (χ2v) is 9.84. The van der Waals surface area contributed by atoms with Crippen molar-refractivity contribution >= 4 is 10.0 Å². The molecule has 4 heterocycles. The summed E-state index contributed by atoms with van der Waals surface area (Å²) in [5.74, 6) is 0.335. The number of ether oxygens (including phenoxy) is 2. The van der Waals surface area contributed by atoms with Crippen molar-refractivity contribution < 1.29 is 24.4 Å². The topological polar surface area (TPSA) is 92.2 Å². The average molecular weight is 445 g/mol. The van der Waals surface area contributed by atoms with E-state index in [0.29, 0.717) is 51.0 Å². The van der Waals surface area contributed by atoms with Gasteiger partial charge in [-0.15, -0.1) is 0 Å². The monoisotopic (exact) mass is 444 g/mol. The second-order valence-electron chi connectivity index (χ2n) is 7.91. The van der Waals surface area contributed by atoms with Gasteiger partial charge in [0.1, 0.15) is 18.1 Å². The zero-order valence-electron chi connectivity index (χ0n) is 18.0. The quantitative estimate of drug-likeness (QED) is 0.671. The maximum absolute atomic E-state index is 13.2. The fourth-order valence-electron chi connectivity index (χ4n) is 4.25. The number of hydrogen-bond donors (Lipinski definition) is 1. The molecule has 2 atom stereocenters. The third-order valence-corrected chi connectivity index (χ3v) is 7.61. The van der Waals surface area contributed by atoms with Crippen molar-refractivity contribution in [3.05, 3.63) is 59.3 Å². The molecule has 8 nitrogen and oxygen atoms in total. The molecule has 0 spiro atoms. The molecular weight excluding hydrogens is 418 g/mol. The lowest BCUT2D eigenvalue weighted by atomic mass is 9.99. The summed E-state index contributed by atoms with van der Waals surface area (Å²) < 4.78 is 47.4. The van der Waals surface area contributed by atoms with E-state index in [4.69, 9.17) is 10.8 Å². The van der Waals surface area contributed by atoms with Crippen LogP contribution in [0.2, 0.25) is 0 Å². The molecule has 0 saturated carbocycles. The van der Waals surface area contributed by atoms with Gasteiger partial charge in [0.2, 0.25) is 10.0 Å². The number of rotatable bonds is 6. The minimum absolute atomic E-state index is 0.0857. The predicted octanol–water partition coefficient (Wildman–Crippen LogP) is 1.25. The van der Waals surface area contributed by atoms with Gasteiger partial charge in [0.25, 0.3) is 5.88 Å². The molecule has 2 aromatic rings. The molecule has 1 aromatic heterocycles. The van der Waals surface area contributed by atoms with Crippen LogP contribution in [0.5, 0.6) is 11.6 Å². The van der Waals surface area contributed by atoms with Crippen LogP contribution in [0.4, 0.5) is 0 Å². The van der Waals surface area contributed by atoms with Gasteiger partial charge in [-0.25, -0.2) is 13.4 Å². The van der Waals surface area contributed by atoms with E-state index >= 15 is 0 Å². The van der Waals surface area contributed by atoms with Crippen molar-refractivity contribution in [2.45, 2.75) is 10.8 Å². The number of sulfonamides is 1. The first-order chi connectivity index (χ1) is 15.5. The Morgan fingerprint density at radius 3 is 2.52 bits per heavy atom. The third-order valence-electron chi connectivity index (χ3n) is 5.85. The molecule has 164 valence electrons. The van der Waals surface area contributed by atoms with Crippen molar-refractivity contribution in [1.82, 2.24) is 14.2 Å². The highest BCUT2D eigenvalue weighted by atomic mass is 32.2. The van der Waals surface area contributed by atoms with Crippen molar-refractivity contribution in [2.24, 2.45) is 0 Å². The Bertz CT molecular complexity index is 1120. The Balaban J connectivity index is 1.26. The SMILES string of the molecule is [2H][C@H](C(CO)c1ccccc1)N1CC2=C(C1)CN(S(=O)(=O)c1cnc3c(c1)OCCO3)C2. The summed E-state index contributed by atoms with van der Waals surface area (Å²) in [6.07, 6.45) is 1.31. The summed E-state index contributed by atoms with van der Waals surface area (Å²) in [6, 6.07) is 11.0. The van der Waals surface area contributed by atoms with E-state index in [2.05, 4.69) is 4.98 Å². The first-order valence-electron chi connectivity index (χ1n) is 10.8. The predicted molar refractivity (Wildman–Crippen MR) is 114 cm³/mol. The fraction of sp³-hybridized carbons (Fsp3) is 0.409. The lowest BCUT2D eigenvalue weighted by molar-refractivity contribution is 0.163. The highest BCUT2D eigenvalue weighted by Crippen LogP contribution is 2.34. The van der Waals surface area contributed by atoms with Crippen LogP contribution in [-0.2, 0) is 10.0 Å². The van der Waals surface area contributed by atoms with Crippen LogP contribution in [0.1, 0.15) is 12.9 Å².